The van der Waals surface area contributed by atoms with Gasteiger partial charge in [0.25, 0.3) is 0 Å². The number of ketones is 1. The zero-order chi connectivity index (χ0) is 14.7. The summed E-state index contributed by atoms with van der Waals surface area (Å²) in [6.07, 6.45) is 4.82. The molecule has 1 aliphatic rings. The fourth-order valence-corrected chi connectivity index (χ4v) is 2.80. The molecule has 0 aliphatic heterocycles. The van der Waals surface area contributed by atoms with E-state index in [-0.39, 0.29) is 23.9 Å². The molecule has 1 aromatic carbocycles. The highest BCUT2D eigenvalue weighted by Crippen LogP contribution is 2.26. The Hall–Kier alpha value is -2.04. The Kier molecular flexibility index (Phi) is 4.08. The first-order valence-corrected chi connectivity index (χ1v) is 7.29. The Balaban J connectivity index is 1.62. The first kappa shape index (κ1) is 13.9. The second-order valence-electron chi connectivity index (χ2n) is 5.54. The summed E-state index contributed by atoms with van der Waals surface area (Å²) in [5.41, 5.74) is 0.782. The van der Waals surface area contributed by atoms with Gasteiger partial charge in [0.1, 0.15) is 11.6 Å². The zero-order valence-corrected chi connectivity index (χ0v) is 11.7. The highest BCUT2D eigenvalue weighted by atomic mass is 19.1. The summed E-state index contributed by atoms with van der Waals surface area (Å²) in [4.78, 5) is 16.3. The van der Waals surface area contributed by atoms with E-state index in [2.05, 4.69) is 10.1 Å². The summed E-state index contributed by atoms with van der Waals surface area (Å²) in [6, 6.07) is 6.29. The van der Waals surface area contributed by atoms with Gasteiger partial charge >= 0.3 is 0 Å². The fourth-order valence-electron chi connectivity index (χ4n) is 2.80. The van der Waals surface area contributed by atoms with Gasteiger partial charge < -0.3 is 4.52 Å². The molecule has 0 amide bonds. The van der Waals surface area contributed by atoms with Gasteiger partial charge in [0.05, 0.1) is 6.42 Å². The van der Waals surface area contributed by atoms with E-state index in [1.165, 1.54) is 12.1 Å². The molecule has 0 unspecified atom stereocenters. The van der Waals surface area contributed by atoms with Gasteiger partial charge in [-0.1, -0.05) is 30.1 Å². The summed E-state index contributed by atoms with van der Waals surface area (Å²) >= 11 is 0. The van der Waals surface area contributed by atoms with E-state index in [9.17, 15) is 9.18 Å². The lowest BCUT2D eigenvalue weighted by Gasteiger charge is -2.04. The molecule has 3 rings (SSSR count). The van der Waals surface area contributed by atoms with Crippen LogP contribution in [0.4, 0.5) is 4.39 Å². The van der Waals surface area contributed by atoms with Crippen LogP contribution >= 0.6 is 0 Å². The average molecular weight is 288 g/mol. The molecule has 1 saturated carbocycles. The van der Waals surface area contributed by atoms with E-state index >= 15 is 0 Å². The maximum atomic E-state index is 13.1. The van der Waals surface area contributed by atoms with Gasteiger partial charge in [-0.25, -0.2) is 4.39 Å². The zero-order valence-electron chi connectivity index (χ0n) is 11.7. The van der Waals surface area contributed by atoms with E-state index < -0.39 is 0 Å². The quantitative estimate of drug-likeness (QED) is 0.848. The smallest absolute Gasteiger partial charge is 0.234 e. The predicted octanol–water partition coefficient (Wildman–Crippen LogP) is 3.10. The molecule has 0 bridgehead atoms. The van der Waals surface area contributed by atoms with Crippen LogP contribution in [0.3, 0.4) is 0 Å². The number of nitrogens with zero attached hydrogens (tertiary/aromatic N) is 2. The van der Waals surface area contributed by atoms with Crippen molar-refractivity contribution in [2.24, 2.45) is 5.92 Å². The van der Waals surface area contributed by atoms with Crippen LogP contribution in [0, 0.1) is 11.7 Å². The molecule has 21 heavy (non-hydrogen) atoms. The summed E-state index contributed by atoms with van der Waals surface area (Å²) in [7, 11) is 0. The van der Waals surface area contributed by atoms with Gasteiger partial charge in [0, 0.05) is 12.3 Å². The lowest BCUT2D eigenvalue weighted by Crippen LogP contribution is -2.13. The monoisotopic (exact) mass is 288 g/mol. The molecule has 0 radical (unpaired) electrons. The third kappa shape index (κ3) is 3.54. The molecule has 0 spiro atoms. The minimum Gasteiger partial charge on any atom is -0.339 e. The molecule has 1 fully saturated rings. The van der Waals surface area contributed by atoms with Crippen LogP contribution < -0.4 is 0 Å². The molecular formula is C16H17FN2O2. The van der Waals surface area contributed by atoms with Gasteiger partial charge in [0.15, 0.2) is 5.82 Å². The normalized spacial score (nSPS) is 15.5. The molecule has 1 aliphatic carbocycles. The SMILES string of the molecule is O=C(Cc1nc(Cc2cccc(F)c2)no1)C1CCCC1. The van der Waals surface area contributed by atoms with E-state index in [4.69, 9.17) is 4.52 Å². The standard InChI is InChI=1S/C16H17FN2O2/c17-13-7-3-4-11(8-13)9-15-18-16(21-19-15)10-14(20)12-5-1-2-6-12/h3-4,7-8,12H,1-2,5-6,9-10H2. The number of carbonyl (C=O) groups is 1. The topological polar surface area (TPSA) is 56.0 Å². The molecule has 0 atom stereocenters. The second kappa shape index (κ2) is 6.16. The molecule has 1 heterocycles. The van der Waals surface area contributed by atoms with Crippen molar-refractivity contribution in [2.45, 2.75) is 38.5 Å². The van der Waals surface area contributed by atoms with Crippen molar-refractivity contribution in [3.8, 4) is 0 Å². The number of aromatic nitrogens is 2. The third-order valence-corrected chi connectivity index (χ3v) is 3.90. The predicted molar refractivity (Wildman–Crippen MR) is 74.2 cm³/mol. The molecule has 5 heteroatoms. The Bertz CT molecular complexity index is 633. The summed E-state index contributed by atoms with van der Waals surface area (Å²) < 4.78 is 18.2. The highest BCUT2D eigenvalue weighted by molar-refractivity contribution is 5.82. The van der Waals surface area contributed by atoms with Gasteiger partial charge in [-0.15, -0.1) is 0 Å². The van der Waals surface area contributed by atoms with Crippen molar-refractivity contribution in [1.82, 2.24) is 10.1 Å². The Morgan fingerprint density at radius 3 is 2.90 bits per heavy atom. The second-order valence-corrected chi connectivity index (χ2v) is 5.54. The van der Waals surface area contributed by atoms with Gasteiger partial charge in [-0.3, -0.25) is 4.79 Å². The van der Waals surface area contributed by atoms with E-state index in [1.54, 1.807) is 6.07 Å². The number of halogens is 1. The molecule has 0 N–H and O–H groups in total. The first-order chi connectivity index (χ1) is 10.2. The summed E-state index contributed by atoms with van der Waals surface area (Å²) in [5.74, 6) is 0.901. The lowest BCUT2D eigenvalue weighted by molar-refractivity contribution is -0.122. The molecule has 4 nitrogen and oxygen atoms in total. The fraction of sp³-hybridized carbons (Fsp3) is 0.438. The van der Waals surface area contributed by atoms with Crippen LogP contribution in [0.5, 0.6) is 0 Å². The van der Waals surface area contributed by atoms with Crippen LogP contribution in [0.15, 0.2) is 28.8 Å². The van der Waals surface area contributed by atoms with Crippen molar-refractivity contribution in [3.05, 3.63) is 47.4 Å². The van der Waals surface area contributed by atoms with E-state index in [0.29, 0.717) is 18.1 Å². The number of hydrogen-bond donors (Lipinski definition) is 0. The molecule has 2 aromatic rings. The van der Waals surface area contributed by atoms with Crippen LogP contribution in [-0.2, 0) is 17.6 Å². The number of benzene rings is 1. The van der Waals surface area contributed by atoms with Gasteiger partial charge in [0.2, 0.25) is 5.89 Å². The Morgan fingerprint density at radius 1 is 1.33 bits per heavy atom. The van der Waals surface area contributed by atoms with Crippen LogP contribution in [0.2, 0.25) is 0 Å². The third-order valence-electron chi connectivity index (χ3n) is 3.90. The minimum absolute atomic E-state index is 0.156. The minimum atomic E-state index is -0.285. The maximum Gasteiger partial charge on any atom is 0.234 e. The largest absolute Gasteiger partial charge is 0.339 e. The van der Waals surface area contributed by atoms with Crippen molar-refractivity contribution >= 4 is 5.78 Å². The number of rotatable bonds is 5. The first-order valence-electron chi connectivity index (χ1n) is 7.29. The maximum absolute atomic E-state index is 13.1. The number of hydrogen-bond acceptors (Lipinski definition) is 4. The van der Waals surface area contributed by atoms with Crippen LogP contribution in [0.25, 0.3) is 0 Å². The van der Waals surface area contributed by atoms with Crippen molar-refractivity contribution < 1.29 is 13.7 Å². The molecule has 1 aromatic heterocycles. The average Bonchev–Trinajstić information content (AvgIpc) is 3.10. The van der Waals surface area contributed by atoms with Crippen molar-refractivity contribution in [2.75, 3.05) is 0 Å². The molecule has 0 saturated heterocycles. The van der Waals surface area contributed by atoms with Crippen LogP contribution in [0.1, 0.15) is 43.0 Å². The number of carbonyl (C=O) groups excluding carboxylic acids is 1. The van der Waals surface area contributed by atoms with Gasteiger partial charge in [-0.05, 0) is 30.5 Å². The van der Waals surface area contributed by atoms with E-state index in [0.717, 1.165) is 31.2 Å². The Labute approximate surface area is 122 Å². The van der Waals surface area contributed by atoms with Crippen LogP contribution in [-0.4, -0.2) is 15.9 Å². The summed E-state index contributed by atoms with van der Waals surface area (Å²) in [6.45, 7) is 0. The lowest BCUT2D eigenvalue weighted by atomic mass is 10.0. The Morgan fingerprint density at radius 2 is 2.14 bits per heavy atom. The van der Waals surface area contributed by atoms with Crippen molar-refractivity contribution in [1.29, 1.82) is 0 Å². The van der Waals surface area contributed by atoms with E-state index in [1.807, 2.05) is 6.07 Å². The molecule has 110 valence electrons. The summed E-state index contributed by atoms with van der Waals surface area (Å²) in [5, 5.41) is 3.86. The molecular weight excluding hydrogens is 271 g/mol. The highest BCUT2D eigenvalue weighted by Gasteiger charge is 2.24. The number of Topliss-reactive ketones (excluding diaryl/α,β-unsaturated/α-hetero) is 1. The van der Waals surface area contributed by atoms with Crippen molar-refractivity contribution in [3.63, 3.8) is 0 Å². The van der Waals surface area contributed by atoms with Gasteiger partial charge in [-0.2, -0.15) is 4.98 Å².